The second-order valence-electron chi connectivity index (χ2n) is 6.09. The molecule has 0 radical (unpaired) electrons. The van der Waals surface area contributed by atoms with Crippen LogP contribution in [0.1, 0.15) is 0 Å². The minimum absolute atomic E-state index is 0. The average Bonchev–Trinajstić information content (AvgIpc) is 3.42. The van der Waals surface area contributed by atoms with Gasteiger partial charge in [-0.05, 0) is 0 Å². The van der Waals surface area contributed by atoms with Crippen LogP contribution in [0.5, 0.6) is 0 Å². The van der Waals surface area contributed by atoms with Crippen LogP contribution in [0.25, 0.3) is 0 Å². The molecule has 13 nitrogen and oxygen atoms in total. The number of Topliss-reactive ketones (excluding diaryl/α,β-unsaturated/α-hetero) is 1. The van der Waals surface area contributed by atoms with E-state index in [1.807, 2.05) is 14.7 Å². The molecule has 0 unspecified atom stereocenters. The van der Waals surface area contributed by atoms with Crippen LogP contribution in [0, 0.1) is 0 Å². The van der Waals surface area contributed by atoms with Gasteiger partial charge in [-0.2, -0.15) is 8.42 Å². The van der Waals surface area contributed by atoms with Crippen LogP contribution in [0.4, 0.5) is 0 Å². The molecule has 0 bridgehead atoms. The van der Waals surface area contributed by atoms with Crippen molar-refractivity contribution < 1.29 is 45.6 Å². The maximum absolute atomic E-state index is 12.4. The SMILES string of the molecule is COOS(=O)(=O)OP(=O)(O)O.O=C1C=C(N2CC2)C(=O)C(N2CC2)=C1N1CC1.[NaH].[NaH].[NaH]. The van der Waals surface area contributed by atoms with E-state index >= 15 is 0 Å². The summed E-state index contributed by atoms with van der Waals surface area (Å²) >= 11 is 0. The van der Waals surface area contributed by atoms with Gasteiger partial charge in [0.05, 0.1) is 12.8 Å². The third kappa shape index (κ3) is 9.76. The molecule has 0 saturated carbocycles. The zero-order valence-electron chi connectivity index (χ0n) is 14.7. The van der Waals surface area contributed by atoms with E-state index < -0.39 is 18.2 Å². The summed E-state index contributed by atoms with van der Waals surface area (Å²) in [6.45, 7) is 5.41. The first-order valence-electron chi connectivity index (χ1n) is 8.06. The summed E-state index contributed by atoms with van der Waals surface area (Å²) in [7, 11) is -9.05. The van der Waals surface area contributed by atoms with E-state index in [1.165, 1.54) is 6.08 Å². The van der Waals surface area contributed by atoms with Crippen molar-refractivity contribution >= 4 is 118 Å². The van der Waals surface area contributed by atoms with Crippen molar-refractivity contribution in [1.29, 1.82) is 0 Å². The van der Waals surface area contributed by atoms with E-state index in [0.29, 0.717) is 17.1 Å². The molecule has 3 heterocycles. The van der Waals surface area contributed by atoms with Crippen LogP contribution in [0.15, 0.2) is 23.2 Å². The van der Waals surface area contributed by atoms with E-state index in [1.54, 1.807) is 0 Å². The fraction of sp³-hybridized carbons (Fsp3) is 0.538. The third-order valence-electron chi connectivity index (χ3n) is 3.83. The standard InChI is InChI=1S/C12H13N3O2.CH5O8PS.3Na.3H/c16-9-7-8(13-1-2-13)12(17)11(15-5-6-15)10(9)14-3-4-14;1-7-8-11(5,6)9-10(2,3)4;;;;;;/h7H,1-6H2;1H3,(H2,2,3,4);;;;;;. The zero-order valence-corrected chi connectivity index (χ0v) is 16.4. The molecule has 162 valence electrons. The van der Waals surface area contributed by atoms with E-state index in [4.69, 9.17) is 9.79 Å². The van der Waals surface area contributed by atoms with Gasteiger partial charge in [-0.1, -0.05) is 4.33 Å². The molecular formula is C13H21N3Na3O10PS. The van der Waals surface area contributed by atoms with Crippen molar-refractivity contribution in [3.05, 3.63) is 23.2 Å². The van der Waals surface area contributed by atoms with Gasteiger partial charge in [0.2, 0.25) is 11.6 Å². The van der Waals surface area contributed by atoms with Crippen molar-refractivity contribution in [3.8, 4) is 0 Å². The summed E-state index contributed by atoms with van der Waals surface area (Å²) in [4.78, 5) is 50.0. The van der Waals surface area contributed by atoms with Crippen molar-refractivity contribution in [2.24, 2.45) is 0 Å². The van der Waals surface area contributed by atoms with Crippen LogP contribution in [-0.4, -0.2) is 180 Å². The normalized spacial score (nSPS) is 19.3. The Morgan fingerprint density at radius 1 is 0.903 bits per heavy atom. The Hall–Kier alpha value is 1.20. The molecule has 0 aromatic rings. The molecule has 1 aliphatic carbocycles. The molecule has 31 heavy (non-hydrogen) atoms. The number of hydrogen-bond donors (Lipinski definition) is 2. The summed E-state index contributed by atoms with van der Waals surface area (Å²) < 4.78 is 36.8. The number of nitrogens with zero attached hydrogens (tertiary/aromatic N) is 3. The van der Waals surface area contributed by atoms with Gasteiger partial charge < -0.3 is 24.5 Å². The van der Waals surface area contributed by atoms with Gasteiger partial charge in [0.1, 0.15) is 11.4 Å². The second kappa shape index (κ2) is 12.8. The van der Waals surface area contributed by atoms with Crippen LogP contribution < -0.4 is 0 Å². The van der Waals surface area contributed by atoms with Gasteiger partial charge in [-0.3, -0.25) is 9.59 Å². The summed E-state index contributed by atoms with van der Waals surface area (Å²) in [5, 5.41) is 0. The Balaban J connectivity index is 0.000000579. The number of carbonyl (C=O) groups excluding carboxylic acids is 2. The Kier molecular flexibility index (Phi) is 13.3. The topological polar surface area (TPSA) is 163 Å². The number of allylic oxidation sites excluding steroid dienone is 1. The zero-order chi connectivity index (χ0) is 20.7. The fourth-order valence-electron chi connectivity index (χ4n) is 2.49. The molecule has 4 aliphatic rings. The Morgan fingerprint density at radius 2 is 1.35 bits per heavy atom. The molecule has 3 saturated heterocycles. The van der Waals surface area contributed by atoms with E-state index in [0.717, 1.165) is 46.4 Å². The second-order valence-corrected chi connectivity index (χ2v) is 8.62. The average molecular weight is 511 g/mol. The molecule has 0 aromatic carbocycles. The number of rotatable bonds is 7. The van der Waals surface area contributed by atoms with Crippen LogP contribution in [0.3, 0.4) is 0 Å². The molecule has 2 N–H and O–H groups in total. The fourth-order valence-corrected chi connectivity index (χ4v) is 3.71. The molecule has 0 atom stereocenters. The van der Waals surface area contributed by atoms with E-state index in [-0.39, 0.29) is 100 Å². The van der Waals surface area contributed by atoms with E-state index in [2.05, 4.69) is 13.2 Å². The van der Waals surface area contributed by atoms with Crippen molar-refractivity contribution in [2.45, 2.75) is 0 Å². The van der Waals surface area contributed by atoms with Crippen molar-refractivity contribution in [2.75, 3.05) is 46.4 Å². The first kappa shape index (κ1) is 32.2. The van der Waals surface area contributed by atoms with Gasteiger partial charge in [0, 0.05) is 45.3 Å². The number of phosphoric acid groups is 1. The summed E-state index contributed by atoms with van der Waals surface area (Å²) in [5.74, 6) is 0.0485. The maximum atomic E-state index is 12.4. The molecule has 3 fully saturated rings. The summed E-state index contributed by atoms with van der Waals surface area (Å²) in [5.41, 5.74) is 1.89. The Labute approximate surface area is 245 Å². The quantitative estimate of drug-likeness (QED) is 0.0854. The van der Waals surface area contributed by atoms with Gasteiger partial charge >= 0.3 is 107 Å². The van der Waals surface area contributed by atoms with Crippen LogP contribution in [-0.2, 0) is 37.7 Å². The van der Waals surface area contributed by atoms with Gasteiger partial charge in [0.15, 0.2) is 0 Å². The predicted molar refractivity (Wildman–Crippen MR) is 111 cm³/mol. The predicted octanol–water partition coefficient (Wildman–Crippen LogP) is -3.85. The first-order valence-corrected chi connectivity index (χ1v) is 10.9. The molecule has 0 amide bonds. The molecule has 3 aliphatic heterocycles. The van der Waals surface area contributed by atoms with Crippen molar-refractivity contribution in [1.82, 2.24) is 14.7 Å². The van der Waals surface area contributed by atoms with E-state index in [9.17, 15) is 22.6 Å². The number of hydrogen-bond acceptors (Lipinski definition) is 11. The van der Waals surface area contributed by atoms with Gasteiger partial charge in [0.25, 0.3) is 0 Å². The molecular weight excluding hydrogens is 490 g/mol. The molecule has 0 aromatic heterocycles. The number of ketones is 2. The third-order valence-corrected chi connectivity index (χ3v) is 5.64. The Bertz CT molecular complexity index is 910. The Morgan fingerprint density at radius 3 is 1.74 bits per heavy atom. The van der Waals surface area contributed by atoms with Crippen LogP contribution in [0.2, 0.25) is 0 Å². The summed E-state index contributed by atoms with van der Waals surface area (Å²) in [6.07, 6.45) is 1.52. The monoisotopic (exact) mass is 511 g/mol. The summed E-state index contributed by atoms with van der Waals surface area (Å²) in [6, 6.07) is 0. The number of carbonyl (C=O) groups is 2. The van der Waals surface area contributed by atoms with Crippen LogP contribution >= 0.6 is 7.82 Å². The minimum atomic E-state index is -5.11. The molecule has 18 heteroatoms. The molecule has 0 spiro atoms. The van der Waals surface area contributed by atoms with Crippen molar-refractivity contribution in [3.63, 3.8) is 0 Å². The molecule has 4 rings (SSSR count). The van der Waals surface area contributed by atoms with Gasteiger partial charge in [-0.25, -0.2) is 9.45 Å². The van der Waals surface area contributed by atoms with Gasteiger partial charge in [-0.15, -0.1) is 3.97 Å². The first-order chi connectivity index (χ1) is 13.0.